The fraction of sp³-hybridized carbons (Fsp3) is 0.929. The van der Waals surface area contributed by atoms with Gasteiger partial charge in [0.15, 0.2) is 5.78 Å². The minimum Gasteiger partial charge on any atom is -0.381 e. The number of carbonyl (C=O) groups excluding carboxylic acids is 1. The quantitative estimate of drug-likeness (QED) is 0.760. The largest absolute Gasteiger partial charge is 0.381 e. The van der Waals surface area contributed by atoms with E-state index in [9.17, 15) is 4.79 Å². The molecule has 1 saturated heterocycles. The molecule has 2 fully saturated rings. The molecule has 2 unspecified atom stereocenters. The maximum absolute atomic E-state index is 12.7. The smallest absolute Gasteiger partial charge is 0.167 e. The number of rotatable bonds is 3. The molecule has 2 rings (SSSR count). The van der Waals surface area contributed by atoms with Crippen molar-refractivity contribution in [3.63, 3.8) is 0 Å². The first kappa shape index (κ1) is 13.0. The summed E-state index contributed by atoms with van der Waals surface area (Å²) in [5.74, 6) is 1.25. The van der Waals surface area contributed by atoms with E-state index in [-0.39, 0.29) is 5.92 Å². The van der Waals surface area contributed by atoms with E-state index < -0.39 is 5.60 Å². The average molecular weight is 240 g/mol. The lowest BCUT2D eigenvalue weighted by Crippen LogP contribution is -2.49. The summed E-state index contributed by atoms with van der Waals surface area (Å²) in [5.41, 5.74) is -0.542. The third kappa shape index (κ3) is 2.71. The first-order valence-corrected chi connectivity index (χ1v) is 6.85. The third-order valence-electron chi connectivity index (χ3n) is 4.45. The zero-order valence-electron chi connectivity index (χ0n) is 11.0. The van der Waals surface area contributed by atoms with E-state index in [0.29, 0.717) is 24.9 Å². The van der Waals surface area contributed by atoms with E-state index in [1.165, 1.54) is 12.8 Å². The van der Waals surface area contributed by atoms with E-state index in [2.05, 4.69) is 6.92 Å². The molecule has 0 N–H and O–H groups in total. The number of carbonyl (C=O) groups is 1. The molecule has 0 spiro atoms. The van der Waals surface area contributed by atoms with Crippen molar-refractivity contribution < 1.29 is 14.3 Å². The van der Waals surface area contributed by atoms with Gasteiger partial charge in [-0.15, -0.1) is 0 Å². The summed E-state index contributed by atoms with van der Waals surface area (Å²) in [6.07, 6.45) is 6.01. The van der Waals surface area contributed by atoms with Gasteiger partial charge in [-0.1, -0.05) is 19.8 Å². The molecule has 17 heavy (non-hydrogen) atoms. The van der Waals surface area contributed by atoms with Crippen LogP contribution in [0.3, 0.4) is 0 Å². The summed E-state index contributed by atoms with van der Waals surface area (Å²) in [6, 6.07) is 0. The number of ketones is 1. The van der Waals surface area contributed by atoms with Gasteiger partial charge in [0, 0.05) is 39.1 Å². The van der Waals surface area contributed by atoms with Crippen LogP contribution in [0.15, 0.2) is 0 Å². The van der Waals surface area contributed by atoms with Gasteiger partial charge >= 0.3 is 0 Å². The Bertz CT molecular complexity index is 269. The minimum atomic E-state index is -0.542. The van der Waals surface area contributed by atoms with Gasteiger partial charge in [0.05, 0.1) is 0 Å². The fourth-order valence-electron chi connectivity index (χ4n) is 3.30. The maximum Gasteiger partial charge on any atom is 0.167 e. The SMILES string of the molecule is COC1(C(=O)C2CCCC(C)C2)CCOCC1. The zero-order valence-corrected chi connectivity index (χ0v) is 11.0. The van der Waals surface area contributed by atoms with Crippen molar-refractivity contribution in [2.24, 2.45) is 11.8 Å². The maximum atomic E-state index is 12.7. The molecule has 0 bridgehead atoms. The summed E-state index contributed by atoms with van der Waals surface area (Å²) in [4.78, 5) is 12.7. The van der Waals surface area contributed by atoms with Crippen LogP contribution in [-0.4, -0.2) is 31.7 Å². The zero-order chi connectivity index (χ0) is 12.3. The third-order valence-corrected chi connectivity index (χ3v) is 4.45. The second-order valence-corrected chi connectivity index (χ2v) is 5.64. The van der Waals surface area contributed by atoms with Gasteiger partial charge in [0.25, 0.3) is 0 Å². The number of methoxy groups -OCH3 is 1. The topological polar surface area (TPSA) is 35.5 Å². The van der Waals surface area contributed by atoms with Crippen LogP contribution in [0.25, 0.3) is 0 Å². The summed E-state index contributed by atoms with van der Waals surface area (Å²) in [5, 5.41) is 0. The van der Waals surface area contributed by atoms with Crippen molar-refractivity contribution in [3.05, 3.63) is 0 Å². The van der Waals surface area contributed by atoms with Gasteiger partial charge in [-0.05, 0) is 18.8 Å². The molecule has 1 aliphatic heterocycles. The molecule has 1 saturated carbocycles. The molecule has 0 aromatic rings. The first-order chi connectivity index (χ1) is 8.18. The van der Waals surface area contributed by atoms with Crippen LogP contribution in [0.1, 0.15) is 45.4 Å². The van der Waals surface area contributed by atoms with Crippen molar-refractivity contribution in [1.29, 1.82) is 0 Å². The van der Waals surface area contributed by atoms with Crippen molar-refractivity contribution in [3.8, 4) is 0 Å². The van der Waals surface area contributed by atoms with Crippen LogP contribution in [-0.2, 0) is 14.3 Å². The van der Waals surface area contributed by atoms with Crippen molar-refractivity contribution in [1.82, 2.24) is 0 Å². The highest BCUT2D eigenvalue weighted by Gasteiger charge is 2.43. The Morgan fingerprint density at radius 3 is 2.59 bits per heavy atom. The lowest BCUT2D eigenvalue weighted by atomic mass is 9.74. The molecular formula is C14H24O3. The highest BCUT2D eigenvalue weighted by Crippen LogP contribution is 2.36. The first-order valence-electron chi connectivity index (χ1n) is 6.85. The molecule has 1 aliphatic carbocycles. The van der Waals surface area contributed by atoms with Crippen LogP contribution in [0.4, 0.5) is 0 Å². The second kappa shape index (κ2) is 5.49. The van der Waals surface area contributed by atoms with E-state index >= 15 is 0 Å². The average Bonchev–Trinajstić information content (AvgIpc) is 2.38. The van der Waals surface area contributed by atoms with E-state index in [4.69, 9.17) is 9.47 Å². The van der Waals surface area contributed by atoms with Crippen molar-refractivity contribution in [2.75, 3.05) is 20.3 Å². The van der Waals surface area contributed by atoms with Crippen LogP contribution < -0.4 is 0 Å². The number of hydrogen-bond donors (Lipinski definition) is 0. The second-order valence-electron chi connectivity index (χ2n) is 5.64. The lowest BCUT2D eigenvalue weighted by Gasteiger charge is -2.38. The molecule has 98 valence electrons. The highest BCUT2D eigenvalue weighted by atomic mass is 16.5. The molecule has 1 heterocycles. The number of ether oxygens (including phenoxy) is 2. The summed E-state index contributed by atoms with van der Waals surface area (Å²) >= 11 is 0. The van der Waals surface area contributed by atoms with Crippen molar-refractivity contribution in [2.45, 2.75) is 51.0 Å². The van der Waals surface area contributed by atoms with Gasteiger partial charge in [0.1, 0.15) is 5.60 Å². The van der Waals surface area contributed by atoms with Gasteiger partial charge in [0.2, 0.25) is 0 Å². The minimum absolute atomic E-state index is 0.219. The molecule has 3 heteroatoms. The lowest BCUT2D eigenvalue weighted by molar-refractivity contribution is -0.158. The molecule has 3 nitrogen and oxygen atoms in total. The number of Topliss-reactive ketones (excluding diaryl/α,β-unsaturated/α-hetero) is 1. The molecule has 0 aromatic carbocycles. The Labute approximate surface area is 104 Å². The Morgan fingerprint density at radius 1 is 1.29 bits per heavy atom. The van der Waals surface area contributed by atoms with Crippen LogP contribution in [0.2, 0.25) is 0 Å². The van der Waals surface area contributed by atoms with E-state index in [1.807, 2.05) is 0 Å². The Kier molecular flexibility index (Phi) is 4.21. The molecule has 0 aromatic heterocycles. The van der Waals surface area contributed by atoms with Gasteiger partial charge in [-0.2, -0.15) is 0 Å². The molecular weight excluding hydrogens is 216 g/mol. The molecule has 2 atom stereocenters. The summed E-state index contributed by atoms with van der Waals surface area (Å²) in [7, 11) is 1.68. The van der Waals surface area contributed by atoms with Crippen LogP contribution in [0, 0.1) is 11.8 Å². The monoisotopic (exact) mass is 240 g/mol. The van der Waals surface area contributed by atoms with Gasteiger partial charge < -0.3 is 9.47 Å². The van der Waals surface area contributed by atoms with E-state index in [1.54, 1.807) is 7.11 Å². The predicted octanol–water partition coefficient (Wildman–Crippen LogP) is 2.58. The Morgan fingerprint density at radius 2 is 2.00 bits per heavy atom. The standard InChI is InChI=1S/C14H24O3/c1-11-4-3-5-12(10-11)13(15)14(16-2)6-8-17-9-7-14/h11-12H,3-10H2,1-2H3. The molecule has 0 radical (unpaired) electrons. The van der Waals surface area contributed by atoms with Gasteiger partial charge in [-0.3, -0.25) is 4.79 Å². The molecule has 2 aliphatic rings. The fourth-order valence-corrected chi connectivity index (χ4v) is 3.30. The Balaban J connectivity index is 2.05. The summed E-state index contributed by atoms with van der Waals surface area (Å²) < 4.78 is 11.0. The normalized spacial score (nSPS) is 33.3. The predicted molar refractivity (Wildman–Crippen MR) is 65.9 cm³/mol. The molecule has 0 amide bonds. The van der Waals surface area contributed by atoms with Crippen molar-refractivity contribution >= 4 is 5.78 Å². The Hall–Kier alpha value is -0.410. The van der Waals surface area contributed by atoms with Crippen LogP contribution in [0.5, 0.6) is 0 Å². The highest BCUT2D eigenvalue weighted by molar-refractivity contribution is 5.89. The van der Waals surface area contributed by atoms with Gasteiger partial charge in [-0.25, -0.2) is 0 Å². The van der Waals surface area contributed by atoms with E-state index in [0.717, 1.165) is 25.7 Å². The van der Waals surface area contributed by atoms with Crippen LogP contribution >= 0.6 is 0 Å². The summed E-state index contributed by atoms with van der Waals surface area (Å²) in [6.45, 7) is 3.56. The number of hydrogen-bond acceptors (Lipinski definition) is 3.